The van der Waals surface area contributed by atoms with E-state index in [4.69, 9.17) is 4.74 Å². The Balaban J connectivity index is 2.43. The Kier molecular flexibility index (Phi) is 8.33. The van der Waals surface area contributed by atoms with Gasteiger partial charge in [0.1, 0.15) is 17.7 Å². The first kappa shape index (κ1) is 26.4. The van der Waals surface area contributed by atoms with Crippen LogP contribution in [0.1, 0.15) is 84.9 Å². The molecule has 2 atom stereocenters. The van der Waals surface area contributed by atoms with Gasteiger partial charge in [0.2, 0.25) is 11.8 Å². The minimum Gasteiger partial charge on any atom is -0.444 e. The molecule has 1 aliphatic carbocycles. The van der Waals surface area contributed by atoms with Crippen molar-refractivity contribution >= 4 is 24.0 Å². The van der Waals surface area contributed by atoms with Crippen LogP contribution >= 0.6 is 0 Å². The zero-order chi connectivity index (χ0) is 25.0. The average molecular weight is 458 g/mol. The van der Waals surface area contributed by atoms with Gasteiger partial charge in [0.05, 0.1) is 0 Å². The molecule has 0 heterocycles. The van der Waals surface area contributed by atoms with Crippen molar-refractivity contribution in [2.45, 2.75) is 97.0 Å². The molecule has 1 aromatic carbocycles. The van der Waals surface area contributed by atoms with Crippen molar-refractivity contribution in [3.05, 3.63) is 42.0 Å². The summed E-state index contributed by atoms with van der Waals surface area (Å²) in [5.74, 6) is -0.572. The van der Waals surface area contributed by atoms with Gasteiger partial charge < -0.3 is 20.3 Å². The predicted molar refractivity (Wildman–Crippen MR) is 130 cm³/mol. The molecule has 0 aromatic heterocycles. The van der Waals surface area contributed by atoms with Crippen molar-refractivity contribution in [2.24, 2.45) is 0 Å². The zero-order valence-electron chi connectivity index (χ0n) is 21.0. The highest BCUT2D eigenvalue weighted by atomic mass is 16.6. The van der Waals surface area contributed by atoms with Crippen LogP contribution in [-0.2, 0) is 14.3 Å². The number of amides is 3. The molecule has 2 N–H and O–H groups in total. The topological polar surface area (TPSA) is 87.7 Å². The number of carbonyl (C=O) groups excluding carboxylic acids is 3. The van der Waals surface area contributed by atoms with Crippen LogP contribution in [0.4, 0.5) is 4.79 Å². The molecule has 33 heavy (non-hydrogen) atoms. The second kappa shape index (κ2) is 10.4. The Labute approximate surface area is 197 Å². The average Bonchev–Trinajstić information content (AvgIpc) is 2.62. The van der Waals surface area contributed by atoms with Gasteiger partial charge >= 0.3 is 6.09 Å². The lowest BCUT2D eigenvalue weighted by Crippen LogP contribution is -2.58. The summed E-state index contributed by atoms with van der Waals surface area (Å²) < 4.78 is 5.32. The normalized spacial score (nSPS) is 16.1. The SMILES string of the molecule is C=Cc1cccc(C(C(=O)NC(C)(C)C)N(C(=O)C(C)NC(=O)OC(C)(C)C)C2CCC2)c1. The van der Waals surface area contributed by atoms with E-state index in [9.17, 15) is 14.4 Å². The molecule has 0 radical (unpaired) electrons. The molecule has 182 valence electrons. The highest BCUT2D eigenvalue weighted by Crippen LogP contribution is 2.34. The van der Waals surface area contributed by atoms with Crippen LogP contribution in [-0.4, -0.2) is 46.0 Å². The monoisotopic (exact) mass is 457 g/mol. The smallest absolute Gasteiger partial charge is 0.408 e. The number of hydrogen-bond acceptors (Lipinski definition) is 4. The molecular formula is C26H39N3O4. The largest absolute Gasteiger partial charge is 0.444 e. The molecule has 1 fully saturated rings. The van der Waals surface area contributed by atoms with Crippen LogP contribution in [0, 0.1) is 0 Å². The van der Waals surface area contributed by atoms with Gasteiger partial charge in [-0.2, -0.15) is 0 Å². The van der Waals surface area contributed by atoms with Crippen molar-refractivity contribution in [3.8, 4) is 0 Å². The minimum atomic E-state index is -0.854. The van der Waals surface area contributed by atoms with E-state index in [0.29, 0.717) is 5.56 Å². The summed E-state index contributed by atoms with van der Waals surface area (Å²) in [7, 11) is 0. The maximum absolute atomic E-state index is 13.7. The Morgan fingerprint density at radius 1 is 1.15 bits per heavy atom. The van der Waals surface area contributed by atoms with E-state index in [0.717, 1.165) is 24.8 Å². The van der Waals surface area contributed by atoms with Crippen LogP contribution < -0.4 is 10.6 Å². The van der Waals surface area contributed by atoms with E-state index in [2.05, 4.69) is 17.2 Å². The van der Waals surface area contributed by atoms with E-state index < -0.39 is 29.3 Å². The first-order chi connectivity index (χ1) is 15.2. The second-order valence-electron chi connectivity index (χ2n) is 10.7. The summed E-state index contributed by atoms with van der Waals surface area (Å²) >= 11 is 0. The maximum atomic E-state index is 13.7. The second-order valence-corrected chi connectivity index (χ2v) is 10.7. The van der Waals surface area contributed by atoms with E-state index in [1.165, 1.54) is 0 Å². The molecule has 0 saturated heterocycles. The van der Waals surface area contributed by atoms with Crippen molar-refractivity contribution in [2.75, 3.05) is 0 Å². The van der Waals surface area contributed by atoms with Crippen molar-refractivity contribution in [3.63, 3.8) is 0 Å². The third kappa shape index (κ3) is 7.62. The molecular weight excluding hydrogens is 418 g/mol. The molecule has 1 aromatic rings. The van der Waals surface area contributed by atoms with Gasteiger partial charge in [-0.3, -0.25) is 9.59 Å². The lowest BCUT2D eigenvalue weighted by atomic mass is 9.87. The Morgan fingerprint density at radius 2 is 1.79 bits per heavy atom. The standard InChI is InChI=1S/C26H39N3O4/c1-9-18-12-10-13-19(16-18)21(22(30)28-25(3,4)5)29(20-14-11-15-20)23(31)17(2)27-24(32)33-26(6,7)8/h9-10,12-13,16-17,20-21H,1,11,14-15H2,2-8H3,(H,27,32)(H,28,30). The van der Waals surface area contributed by atoms with Crippen molar-refractivity contribution < 1.29 is 19.1 Å². The molecule has 2 unspecified atom stereocenters. The Morgan fingerprint density at radius 3 is 2.27 bits per heavy atom. The van der Waals surface area contributed by atoms with Gasteiger partial charge in [-0.05, 0) is 84.9 Å². The zero-order valence-corrected chi connectivity index (χ0v) is 21.0. The number of alkyl carbamates (subject to hydrolysis) is 1. The van der Waals surface area contributed by atoms with Crippen LogP contribution in [0.3, 0.4) is 0 Å². The highest BCUT2D eigenvalue weighted by molar-refractivity contribution is 5.92. The lowest BCUT2D eigenvalue weighted by molar-refractivity contribution is -0.147. The number of benzene rings is 1. The van der Waals surface area contributed by atoms with E-state index in [-0.39, 0.29) is 17.9 Å². The Bertz CT molecular complexity index is 878. The number of nitrogens with one attached hydrogen (secondary N) is 2. The lowest BCUT2D eigenvalue weighted by Gasteiger charge is -2.44. The molecule has 1 aliphatic rings. The summed E-state index contributed by atoms with van der Waals surface area (Å²) in [6.07, 6.45) is 3.66. The molecule has 7 nitrogen and oxygen atoms in total. The van der Waals surface area contributed by atoms with Gasteiger partial charge in [0.15, 0.2) is 0 Å². The molecule has 0 aliphatic heterocycles. The van der Waals surface area contributed by atoms with Crippen molar-refractivity contribution in [1.82, 2.24) is 15.5 Å². The van der Waals surface area contributed by atoms with Gasteiger partial charge in [-0.15, -0.1) is 0 Å². The quantitative estimate of drug-likeness (QED) is 0.627. The van der Waals surface area contributed by atoms with Crippen LogP contribution in [0.25, 0.3) is 6.08 Å². The number of ether oxygens (including phenoxy) is 1. The molecule has 0 bridgehead atoms. The molecule has 7 heteroatoms. The third-order valence-corrected chi connectivity index (χ3v) is 5.31. The predicted octanol–water partition coefficient (Wildman–Crippen LogP) is 4.58. The van der Waals surface area contributed by atoms with E-state index in [1.807, 2.05) is 45.0 Å². The molecule has 0 spiro atoms. The number of hydrogen-bond donors (Lipinski definition) is 2. The summed E-state index contributed by atoms with van der Waals surface area (Å²) in [5.41, 5.74) is 0.418. The number of carbonyl (C=O) groups is 3. The number of rotatable bonds is 7. The summed E-state index contributed by atoms with van der Waals surface area (Å²) in [6, 6.07) is 5.73. The Hall–Kier alpha value is -2.83. The molecule has 2 rings (SSSR count). The molecule has 1 saturated carbocycles. The van der Waals surface area contributed by atoms with Gasteiger partial charge in [0, 0.05) is 11.6 Å². The minimum absolute atomic E-state index is 0.0801. The summed E-state index contributed by atoms with van der Waals surface area (Å²) in [4.78, 5) is 41.2. The third-order valence-electron chi connectivity index (χ3n) is 5.31. The first-order valence-electron chi connectivity index (χ1n) is 11.6. The fourth-order valence-electron chi connectivity index (χ4n) is 3.68. The van der Waals surface area contributed by atoms with E-state index >= 15 is 0 Å². The highest BCUT2D eigenvalue weighted by Gasteiger charge is 2.41. The van der Waals surface area contributed by atoms with Crippen molar-refractivity contribution in [1.29, 1.82) is 0 Å². The van der Waals surface area contributed by atoms with Gasteiger partial charge in [-0.1, -0.05) is 30.9 Å². The fraction of sp³-hybridized carbons (Fsp3) is 0.577. The summed E-state index contributed by atoms with van der Waals surface area (Å²) in [5, 5.41) is 5.67. The van der Waals surface area contributed by atoms with Crippen LogP contribution in [0.5, 0.6) is 0 Å². The number of nitrogens with zero attached hydrogens (tertiary/aromatic N) is 1. The fourth-order valence-corrected chi connectivity index (χ4v) is 3.68. The van der Waals surface area contributed by atoms with E-state index in [1.54, 1.807) is 38.7 Å². The summed E-state index contributed by atoms with van der Waals surface area (Å²) in [6.45, 7) is 16.5. The maximum Gasteiger partial charge on any atom is 0.408 e. The molecule has 3 amide bonds. The van der Waals surface area contributed by atoms with Crippen LogP contribution in [0.15, 0.2) is 30.8 Å². The first-order valence-corrected chi connectivity index (χ1v) is 11.6. The van der Waals surface area contributed by atoms with Gasteiger partial charge in [0.25, 0.3) is 0 Å². The van der Waals surface area contributed by atoms with Crippen LogP contribution in [0.2, 0.25) is 0 Å². The van der Waals surface area contributed by atoms with Gasteiger partial charge in [-0.25, -0.2) is 4.79 Å².